The molecule has 0 fully saturated rings. The van der Waals surface area contributed by atoms with Crippen molar-refractivity contribution in [1.29, 1.82) is 0 Å². The second-order valence-corrected chi connectivity index (χ2v) is 7.55. The van der Waals surface area contributed by atoms with Gasteiger partial charge in [-0.05, 0) is 48.4 Å². The fourth-order valence-corrected chi connectivity index (χ4v) is 3.27. The van der Waals surface area contributed by atoms with Crippen LogP contribution in [0.15, 0.2) is 29.6 Å². The monoisotopic (exact) mass is 404 g/mol. The van der Waals surface area contributed by atoms with E-state index < -0.39 is 23.9 Å². The van der Waals surface area contributed by atoms with E-state index in [0.717, 1.165) is 22.5 Å². The van der Waals surface area contributed by atoms with Crippen molar-refractivity contribution in [2.75, 3.05) is 11.9 Å². The summed E-state index contributed by atoms with van der Waals surface area (Å²) in [5.41, 5.74) is 7.46. The predicted octanol–water partition coefficient (Wildman–Crippen LogP) is 3.23. The molecule has 2 rings (SSSR count). The van der Waals surface area contributed by atoms with E-state index in [2.05, 4.69) is 5.32 Å². The first-order chi connectivity index (χ1) is 13.2. The molecule has 1 atom stereocenters. The van der Waals surface area contributed by atoms with E-state index in [1.165, 1.54) is 13.0 Å². The average Bonchev–Trinajstić information content (AvgIpc) is 3.08. The first-order valence-corrected chi connectivity index (χ1v) is 9.68. The molecule has 28 heavy (non-hydrogen) atoms. The number of carbonyl (C=O) groups excluding carboxylic acids is 3. The number of ether oxygens (including phenoxy) is 2. The molecule has 7 nitrogen and oxygen atoms in total. The number of hydrogen-bond donors (Lipinski definition) is 2. The van der Waals surface area contributed by atoms with Gasteiger partial charge in [-0.1, -0.05) is 26.0 Å². The quantitative estimate of drug-likeness (QED) is 0.657. The van der Waals surface area contributed by atoms with Crippen molar-refractivity contribution in [3.63, 3.8) is 0 Å². The summed E-state index contributed by atoms with van der Waals surface area (Å²) in [6.07, 6.45) is -1.05. The van der Waals surface area contributed by atoms with E-state index in [0.29, 0.717) is 10.8 Å². The number of primary amides is 1. The number of amides is 2. The topological polar surface area (TPSA) is 108 Å². The zero-order valence-corrected chi connectivity index (χ0v) is 17.1. The number of carbonyl (C=O) groups is 3. The summed E-state index contributed by atoms with van der Waals surface area (Å²) in [7, 11) is 0. The number of anilines is 1. The Morgan fingerprint density at radius 1 is 1.18 bits per heavy atom. The summed E-state index contributed by atoms with van der Waals surface area (Å²) in [5.74, 6) is -1.01. The van der Waals surface area contributed by atoms with Crippen LogP contribution in [0.25, 0.3) is 0 Å². The fraction of sp³-hybridized carbons (Fsp3) is 0.350. The SMILES string of the molecule is Cc1ccc(C(C)C)c(OCC(=O)OC(C)C(=O)Nc2sccc2C(N)=O)c1. The number of thiophene rings is 1. The highest BCUT2D eigenvalue weighted by molar-refractivity contribution is 7.14. The summed E-state index contributed by atoms with van der Waals surface area (Å²) in [4.78, 5) is 35.6. The zero-order chi connectivity index (χ0) is 20.8. The Bertz CT molecular complexity index is 875. The van der Waals surface area contributed by atoms with Crippen molar-refractivity contribution >= 4 is 34.1 Å². The molecule has 0 bridgehead atoms. The summed E-state index contributed by atoms with van der Waals surface area (Å²) >= 11 is 1.16. The van der Waals surface area contributed by atoms with Gasteiger partial charge in [0, 0.05) is 0 Å². The molecule has 0 saturated carbocycles. The van der Waals surface area contributed by atoms with E-state index in [-0.39, 0.29) is 18.1 Å². The van der Waals surface area contributed by atoms with E-state index in [1.807, 2.05) is 39.0 Å². The van der Waals surface area contributed by atoms with Gasteiger partial charge in [-0.3, -0.25) is 9.59 Å². The first kappa shape index (κ1) is 21.4. The number of benzene rings is 1. The van der Waals surface area contributed by atoms with Gasteiger partial charge in [0.05, 0.1) is 5.56 Å². The molecule has 2 amide bonds. The van der Waals surface area contributed by atoms with Gasteiger partial charge in [0.2, 0.25) is 0 Å². The van der Waals surface area contributed by atoms with Crippen molar-refractivity contribution in [2.24, 2.45) is 5.73 Å². The minimum Gasteiger partial charge on any atom is -0.482 e. The molecule has 0 spiro atoms. The molecule has 150 valence electrons. The van der Waals surface area contributed by atoms with Gasteiger partial charge in [-0.2, -0.15) is 0 Å². The Morgan fingerprint density at radius 2 is 1.89 bits per heavy atom. The Morgan fingerprint density at radius 3 is 2.54 bits per heavy atom. The van der Waals surface area contributed by atoms with Crippen molar-refractivity contribution in [3.8, 4) is 5.75 Å². The molecule has 0 aliphatic carbocycles. The van der Waals surface area contributed by atoms with Crippen molar-refractivity contribution < 1.29 is 23.9 Å². The lowest BCUT2D eigenvalue weighted by molar-refractivity contribution is -0.155. The molecular weight excluding hydrogens is 380 g/mol. The second-order valence-electron chi connectivity index (χ2n) is 6.63. The summed E-state index contributed by atoms with van der Waals surface area (Å²) in [6, 6.07) is 7.33. The highest BCUT2D eigenvalue weighted by Gasteiger charge is 2.21. The summed E-state index contributed by atoms with van der Waals surface area (Å²) in [6.45, 7) is 7.14. The molecular formula is C20H24N2O5S. The average molecular weight is 404 g/mol. The maximum absolute atomic E-state index is 12.2. The van der Waals surface area contributed by atoms with Crippen LogP contribution >= 0.6 is 11.3 Å². The lowest BCUT2D eigenvalue weighted by Gasteiger charge is -2.16. The van der Waals surface area contributed by atoms with Crippen LogP contribution in [0.2, 0.25) is 0 Å². The third kappa shape index (κ3) is 5.56. The van der Waals surface area contributed by atoms with Crippen molar-refractivity contribution in [1.82, 2.24) is 0 Å². The second kappa shape index (κ2) is 9.36. The van der Waals surface area contributed by atoms with Crippen LogP contribution in [0.4, 0.5) is 5.00 Å². The summed E-state index contributed by atoms with van der Waals surface area (Å²) < 4.78 is 10.7. The van der Waals surface area contributed by atoms with E-state index in [9.17, 15) is 14.4 Å². The number of rotatable bonds is 8. The fourth-order valence-electron chi connectivity index (χ4n) is 2.48. The van der Waals surface area contributed by atoms with Gasteiger partial charge in [-0.25, -0.2) is 4.79 Å². The highest BCUT2D eigenvalue weighted by Crippen LogP contribution is 2.27. The molecule has 0 radical (unpaired) electrons. The maximum Gasteiger partial charge on any atom is 0.344 e. The third-order valence-electron chi connectivity index (χ3n) is 3.98. The number of nitrogens with two attached hydrogens (primary N) is 1. The van der Waals surface area contributed by atoms with Crippen LogP contribution in [-0.4, -0.2) is 30.5 Å². The molecule has 1 aromatic heterocycles. The highest BCUT2D eigenvalue weighted by atomic mass is 32.1. The van der Waals surface area contributed by atoms with E-state index >= 15 is 0 Å². The molecule has 0 saturated heterocycles. The number of esters is 1. The largest absolute Gasteiger partial charge is 0.482 e. The van der Waals surface area contributed by atoms with Crippen LogP contribution in [0.3, 0.4) is 0 Å². The molecule has 1 aromatic carbocycles. The standard InChI is InChI=1S/C20H24N2O5S/c1-11(2)14-6-5-12(3)9-16(14)26-10-17(23)27-13(4)19(25)22-20-15(18(21)24)7-8-28-20/h5-9,11,13H,10H2,1-4H3,(H2,21,24)(H,22,25). The number of hydrogen-bond acceptors (Lipinski definition) is 6. The summed E-state index contributed by atoms with van der Waals surface area (Å²) in [5, 5.41) is 4.49. The van der Waals surface area contributed by atoms with Crippen LogP contribution in [-0.2, 0) is 14.3 Å². The Hall–Kier alpha value is -2.87. The van der Waals surface area contributed by atoms with Gasteiger partial charge in [0.1, 0.15) is 10.8 Å². The minimum absolute atomic E-state index is 0.209. The molecule has 0 aliphatic heterocycles. The normalized spacial score (nSPS) is 11.8. The number of aryl methyl sites for hydroxylation is 1. The first-order valence-electron chi connectivity index (χ1n) is 8.80. The van der Waals surface area contributed by atoms with Gasteiger partial charge >= 0.3 is 5.97 Å². The molecule has 0 aliphatic rings. The number of nitrogens with one attached hydrogen (secondary N) is 1. The zero-order valence-electron chi connectivity index (χ0n) is 16.3. The third-order valence-corrected chi connectivity index (χ3v) is 4.81. The maximum atomic E-state index is 12.2. The Balaban J connectivity index is 1.92. The van der Waals surface area contributed by atoms with Crippen LogP contribution < -0.4 is 15.8 Å². The van der Waals surface area contributed by atoms with Gasteiger partial charge < -0.3 is 20.5 Å². The van der Waals surface area contributed by atoms with Crippen molar-refractivity contribution in [2.45, 2.75) is 39.7 Å². The Kier molecular flexibility index (Phi) is 7.17. The molecule has 8 heteroatoms. The van der Waals surface area contributed by atoms with E-state index in [4.69, 9.17) is 15.2 Å². The van der Waals surface area contributed by atoms with Gasteiger partial charge in [-0.15, -0.1) is 11.3 Å². The van der Waals surface area contributed by atoms with Gasteiger partial charge in [0.25, 0.3) is 11.8 Å². The van der Waals surface area contributed by atoms with Crippen LogP contribution in [0, 0.1) is 6.92 Å². The molecule has 1 unspecified atom stereocenters. The van der Waals surface area contributed by atoms with Crippen LogP contribution in [0.1, 0.15) is 48.2 Å². The molecule has 3 N–H and O–H groups in total. The lowest BCUT2D eigenvalue weighted by atomic mass is 10.0. The Labute approximate surface area is 167 Å². The molecule has 1 heterocycles. The van der Waals surface area contributed by atoms with Gasteiger partial charge in [0.15, 0.2) is 12.7 Å². The van der Waals surface area contributed by atoms with Crippen molar-refractivity contribution in [3.05, 3.63) is 46.3 Å². The molecule has 2 aromatic rings. The smallest absolute Gasteiger partial charge is 0.344 e. The van der Waals surface area contributed by atoms with Crippen LogP contribution in [0.5, 0.6) is 5.75 Å². The van der Waals surface area contributed by atoms with E-state index in [1.54, 1.807) is 5.38 Å². The predicted molar refractivity (Wildman–Crippen MR) is 108 cm³/mol. The lowest BCUT2D eigenvalue weighted by Crippen LogP contribution is -2.32. The minimum atomic E-state index is -1.05.